The van der Waals surface area contributed by atoms with Gasteiger partial charge in [0.2, 0.25) is 0 Å². The molecule has 0 aliphatic heterocycles. The Morgan fingerprint density at radius 3 is 2.79 bits per heavy atom. The maximum atomic E-state index is 12.1. The molecule has 2 heterocycles. The number of nitrogens with zero attached hydrogens (tertiary/aromatic N) is 2. The maximum Gasteiger partial charge on any atom is 0.144 e. The number of aromatic nitrogens is 2. The van der Waals surface area contributed by atoms with Gasteiger partial charge in [-0.3, -0.25) is 9.48 Å². The average Bonchev–Trinajstić information content (AvgIpc) is 2.99. The van der Waals surface area contributed by atoms with Crippen molar-refractivity contribution in [2.24, 2.45) is 0 Å². The Balaban J connectivity index is 2.14. The molecular formula is C14H17ClN2OS. The number of halogens is 1. The highest BCUT2D eigenvalue weighted by Crippen LogP contribution is 2.23. The fraction of sp³-hybridized carbons (Fsp3) is 0.429. The minimum Gasteiger partial charge on any atom is -0.299 e. The minimum absolute atomic E-state index is 0.182. The van der Waals surface area contributed by atoms with E-state index in [0.29, 0.717) is 17.9 Å². The van der Waals surface area contributed by atoms with Crippen LogP contribution in [0.15, 0.2) is 17.5 Å². The van der Waals surface area contributed by atoms with E-state index in [1.54, 1.807) is 11.3 Å². The molecular weight excluding hydrogens is 280 g/mol. The van der Waals surface area contributed by atoms with Gasteiger partial charge in [-0.1, -0.05) is 24.6 Å². The highest BCUT2D eigenvalue weighted by molar-refractivity contribution is 7.10. The second-order valence-electron chi connectivity index (χ2n) is 4.35. The first-order valence-electron chi connectivity index (χ1n) is 6.43. The number of thiophene rings is 1. The van der Waals surface area contributed by atoms with E-state index >= 15 is 0 Å². The lowest BCUT2D eigenvalue weighted by atomic mass is 10.1. The van der Waals surface area contributed by atoms with Crippen LogP contribution in [-0.4, -0.2) is 15.6 Å². The number of carbonyl (C=O) groups is 1. The third-order valence-electron chi connectivity index (χ3n) is 3.01. The van der Waals surface area contributed by atoms with Gasteiger partial charge in [0, 0.05) is 17.8 Å². The standard InChI is InChI=1S/C14H17ClN2OS/c1-3-12-14(15)13(17(4-2)16-12)9-10(18)8-11-6-5-7-19-11/h5-7H,3-4,8-9H2,1-2H3. The fourth-order valence-electron chi connectivity index (χ4n) is 2.04. The summed E-state index contributed by atoms with van der Waals surface area (Å²) >= 11 is 7.91. The van der Waals surface area contributed by atoms with Gasteiger partial charge in [0.15, 0.2) is 0 Å². The average molecular weight is 297 g/mol. The molecule has 0 atom stereocenters. The summed E-state index contributed by atoms with van der Waals surface area (Å²) < 4.78 is 1.84. The Morgan fingerprint density at radius 2 is 2.21 bits per heavy atom. The predicted molar refractivity (Wildman–Crippen MR) is 79.0 cm³/mol. The van der Waals surface area contributed by atoms with E-state index in [-0.39, 0.29) is 5.78 Å². The molecule has 0 bridgehead atoms. The Morgan fingerprint density at radius 1 is 1.42 bits per heavy atom. The molecule has 2 aromatic heterocycles. The quantitative estimate of drug-likeness (QED) is 0.817. The zero-order chi connectivity index (χ0) is 13.8. The number of hydrogen-bond acceptors (Lipinski definition) is 3. The van der Waals surface area contributed by atoms with Crippen LogP contribution >= 0.6 is 22.9 Å². The zero-order valence-corrected chi connectivity index (χ0v) is 12.7. The van der Waals surface area contributed by atoms with Gasteiger partial charge in [0.05, 0.1) is 22.8 Å². The molecule has 0 N–H and O–H groups in total. The molecule has 0 saturated carbocycles. The number of aryl methyl sites for hydroxylation is 2. The minimum atomic E-state index is 0.182. The molecule has 0 amide bonds. The van der Waals surface area contributed by atoms with Crippen LogP contribution < -0.4 is 0 Å². The molecule has 19 heavy (non-hydrogen) atoms. The lowest BCUT2D eigenvalue weighted by Crippen LogP contribution is -2.11. The van der Waals surface area contributed by atoms with E-state index in [1.165, 1.54) is 0 Å². The first kappa shape index (κ1) is 14.3. The number of rotatable bonds is 6. The van der Waals surface area contributed by atoms with Gasteiger partial charge in [0.1, 0.15) is 5.78 Å². The van der Waals surface area contributed by atoms with Crippen LogP contribution in [0.25, 0.3) is 0 Å². The second kappa shape index (κ2) is 6.35. The van der Waals surface area contributed by atoms with Gasteiger partial charge in [-0.2, -0.15) is 5.10 Å². The fourth-order valence-corrected chi connectivity index (χ4v) is 3.11. The molecule has 2 rings (SSSR count). The van der Waals surface area contributed by atoms with Gasteiger partial charge in [0.25, 0.3) is 0 Å². The summed E-state index contributed by atoms with van der Waals surface area (Å²) in [5.41, 5.74) is 1.73. The third kappa shape index (κ3) is 3.25. The monoisotopic (exact) mass is 296 g/mol. The molecule has 2 aromatic rings. The van der Waals surface area contributed by atoms with Gasteiger partial charge < -0.3 is 0 Å². The Labute approximate surface area is 122 Å². The molecule has 102 valence electrons. The van der Waals surface area contributed by atoms with E-state index in [9.17, 15) is 4.79 Å². The van der Waals surface area contributed by atoms with Crippen LogP contribution in [0.3, 0.4) is 0 Å². The summed E-state index contributed by atoms with van der Waals surface area (Å²) in [6, 6.07) is 3.95. The molecule has 0 saturated heterocycles. The van der Waals surface area contributed by atoms with Crippen LogP contribution in [0.4, 0.5) is 0 Å². The van der Waals surface area contributed by atoms with Crippen molar-refractivity contribution < 1.29 is 4.79 Å². The van der Waals surface area contributed by atoms with Crippen LogP contribution in [0, 0.1) is 0 Å². The van der Waals surface area contributed by atoms with Gasteiger partial charge in [-0.05, 0) is 24.8 Å². The Kier molecular flexibility index (Phi) is 4.77. The van der Waals surface area contributed by atoms with Crippen molar-refractivity contribution in [1.29, 1.82) is 0 Å². The molecule has 0 radical (unpaired) electrons. The highest BCUT2D eigenvalue weighted by atomic mass is 35.5. The predicted octanol–water partition coefficient (Wildman–Crippen LogP) is 3.53. The molecule has 0 spiro atoms. The van der Waals surface area contributed by atoms with Crippen molar-refractivity contribution in [3.05, 3.63) is 38.8 Å². The zero-order valence-electron chi connectivity index (χ0n) is 11.1. The smallest absolute Gasteiger partial charge is 0.144 e. The summed E-state index contributed by atoms with van der Waals surface area (Å²) in [4.78, 5) is 13.2. The SMILES string of the molecule is CCc1nn(CC)c(CC(=O)Cc2cccs2)c1Cl. The first-order chi connectivity index (χ1) is 9.15. The lowest BCUT2D eigenvalue weighted by Gasteiger charge is -2.04. The van der Waals surface area contributed by atoms with Crippen LogP contribution in [-0.2, 0) is 30.6 Å². The van der Waals surface area contributed by atoms with Crippen molar-refractivity contribution in [2.45, 2.75) is 39.7 Å². The largest absolute Gasteiger partial charge is 0.299 e. The molecule has 0 fully saturated rings. The summed E-state index contributed by atoms with van der Waals surface area (Å²) in [6.07, 6.45) is 1.62. The van der Waals surface area contributed by atoms with Crippen molar-refractivity contribution >= 4 is 28.7 Å². The number of Topliss-reactive ketones (excluding diaryl/α,β-unsaturated/α-hetero) is 1. The summed E-state index contributed by atoms with van der Waals surface area (Å²) in [6.45, 7) is 4.77. The van der Waals surface area contributed by atoms with Crippen LogP contribution in [0.5, 0.6) is 0 Å². The number of ketones is 1. The molecule has 0 unspecified atom stereocenters. The maximum absolute atomic E-state index is 12.1. The van der Waals surface area contributed by atoms with Gasteiger partial charge in [-0.25, -0.2) is 0 Å². The van der Waals surface area contributed by atoms with E-state index in [4.69, 9.17) is 11.6 Å². The van der Waals surface area contributed by atoms with Crippen molar-refractivity contribution in [3.8, 4) is 0 Å². The number of carbonyl (C=O) groups excluding carboxylic acids is 1. The normalized spacial score (nSPS) is 10.9. The summed E-state index contributed by atoms with van der Waals surface area (Å²) in [7, 11) is 0. The van der Waals surface area contributed by atoms with Crippen LogP contribution in [0.2, 0.25) is 5.02 Å². The number of hydrogen-bond donors (Lipinski definition) is 0. The molecule has 5 heteroatoms. The highest BCUT2D eigenvalue weighted by Gasteiger charge is 2.17. The van der Waals surface area contributed by atoms with Gasteiger partial charge >= 0.3 is 0 Å². The van der Waals surface area contributed by atoms with E-state index in [2.05, 4.69) is 5.10 Å². The van der Waals surface area contributed by atoms with E-state index in [0.717, 1.165) is 29.2 Å². The Bertz CT molecular complexity index is 560. The first-order valence-corrected chi connectivity index (χ1v) is 7.69. The van der Waals surface area contributed by atoms with Crippen molar-refractivity contribution in [2.75, 3.05) is 0 Å². The summed E-state index contributed by atoms with van der Waals surface area (Å²) in [5, 5.41) is 7.08. The van der Waals surface area contributed by atoms with Gasteiger partial charge in [-0.15, -0.1) is 11.3 Å². The van der Waals surface area contributed by atoms with Crippen molar-refractivity contribution in [3.63, 3.8) is 0 Å². The second-order valence-corrected chi connectivity index (χ2v) is 5.76. The molecule has 0 aliphatic carbocycles. The molecule has 0 aromatic carbocycles. The third-order valence-corrected chi connectivity index (χ3v) is 4.32. The summed E-state index contributed by atoms with van der Waals surface area (Å²) in [5.74, 6) is 0.182. The molecule has 0 aliphatic rings. The van der Waals surface area contributed by atoms with E-state index < -0.39 is 0 Å². The Hall–Kier alpha value is -1.13. The van der Waals surface area contributed by atoms with Crippen molar-refractivity contribution in [1.82, 2.24) is 9.78 Å². The van der Waals surface area contributed by atoms with E-state index in [1.807, 2.05) is 36.0 Å². The van der Waals surface area contributed by atoms with Crippen LogP contribution in [0.1, 0.15) is 30.1 Å². The molecule has 3 nitrogen and oxygen atoms in total. The lowest BCUT2D eigenvalue weighted by molar-refractivity contribution is -0.117. The topological polar surface area (TPSA) is 34.9 Å².